The van der Waals surface area contributed by atoms with E-state index in [0.717, 1.165) is 19.3 Å². The zero-order chi connectivity index (χ0) is 29.7. The Morgan fingerprint density at radius 1 is 1.07 bits per heavy atom. The molecule has 3 heterocycles. The molecule has 8 nitrogen and oxygen atoms in total. The van der Waals surface area contributed by atoms with E-state index in [1.165, 1.54) is 17.7 Å². The first-order valence-electron chi connectivity index (χ1n) is 15.3. The van der Waals surface area contributed by atoms with Gasteiger partial charge < -0.3 is 29.5 Å². The van der Waals surface area contributed by atoms with Gasteiger partial charge in [0.05, 0.1) is 24.2 Å². The van der Waals surface area contributed by atoms with Crippen LogP contribution in [0.25, 0.3) is 0 Å². The third-order valence-electron chi connectivity index (χ3n) is 9.97. The minimum Gasteiger partial charge on any atom is -0.462 e. The lowest BCUT2D eigenvalue weighted by Crippen LogP contribution is -2.57. The van der Waals surface area contributed by atoms with Gasteiger partial charge >= 0.3 is 5.97 Å². The highest BCUT2D eigenvalue weighted by molar-refractivity contribution is 6.05. The third-order valence-corrected chi connectivity index (χ3v) is 9.97. The quantitative estimate of drug-likeness (QED) is 0.318. The molecule has 0 aromatic rings. The number of fused-ring (bicyclic) bond motifs is 2. The minimum atomic E-state index is -2.11. The van der Waals surface area contributed by atoms with Crippen molar-refractivity contribution in [3.8, 4) is 0 Å². The molecular formula is C33H46O8. The molecule has 5 aliphatic rings. The molecule has 0 amide bonds. The second-order valence-electron chi connectivity index (χ2n) is 13.2. The van der Waals surface area contributed by atoms with Gasteiger partial charge in [0.2, 0.25) is 0 Å². The molecule has 8 heteroatoms. The van der Waals surface area contributed by atoms with Crippen molar-refractivity contribution in [3.05, 3.63) is 47.1 Å². The highest BCUT2D eigenvalue weighted by atomic mass is 16.7. The van der Waals surface area contributed by atoms with Crippen molar-refractivity contribution in [3.63, 3.8) is 0 Å². The molecule has 0 aromatic heterocycles. The van der Waals surface area contributed by atoms with Crippen LogP contribution in [-0.2, 0) is 23.8 Å². The standard InChI is InChI=1S/C33H46O8/c1-6-26-20(4)12-13-32(41-26)17-23-16-22(40-32)11-10-19(3)14-18(2)8-7-9-24-29(35)30(36)27-28(34)21(5)15-25(31(37)39-23)33(24,27)38/h7-10,15,18,20,22-23,25-28,30,34,36,38H,6,11-14,16-17H2,1-5H3/b8-7+,19-10+,24-9+. The molecule has 2 saturated heterocycles. The summed E-state index contributed by atoms with van der Waals surface area (Å²) in [4.78, 5) is 27.2. The fourth-order valence-corrected chi connectivity index (χ4v) is 7.70. The van der Waals surface area contributed by atoms with Crippen LogP contribution in [0.15, 0.2) is 47.1 Å². The van der Waals surface area contributed by atoms with Gasteiger partial charge in [0.15, 0.2) is 11.6 Å². The molecule has 3 aliphatic heterocycles. The number of ether oxygens (including phenoxy) is 3. The van der Waals surface area contributed by atoms with Gasteiger partial charge in [-0.05, 0) is 56.9 Å². The molecule has 41 heavy (non-hydrogen) atoms. The van der Waals surface area contributed by atoms with Gasteiger partial charge in [-0.2, -0.15) is 0 Å². The average molecular weight is 571 g/mol. The number of carbonyl (C=O) groups is 2. The average Bonchev–Trinajstić information content (AvgIpc) is 3.11. The van der Waals surface area contributed by atoms with Gasteiger partial charge in [-0.25, -0.2) is 0 Å². The van der Waals surface area contributed by atoms with Crippen molar-refractivity contribution in [2.45, 2.75) is 121 Å². The van der Waals surface area contributed by atoms with Gasteiger partial charge in [0.1, 0.15) is 23.7 Å². The van der Waals surface area contributed by atoms with E-state index in [1.54, 1.807) is 13.0 Å². The zero-order valence-electron chi connectivity index (χ0n) is 24.9. The first-order chi connectivity index (χ1) is 19.4. The molecule has 3 fully saturated rings. The molecule has 226 valence electrons. The highest BCUT2D eigenvalue weighted by Crippen LogP contribution is 2.51. The molecule has 1 saturated carbocycles. The van der Waals surface area contributed by atoms with Crippen molar-refractivity contribution in [1.29, 1.82) is 0 Å². The van der Waals surface area contributed by atoms with Crippen molar-refractivity contribution in [2.24, 2.45) is 23.7 Å². The summed E-state index contributed by atoms with van der Waals surface area (Å²) in [6.07, 6.45) is 10.0. The summed E-state index contributed by atoms with van der Waals surface area (Å²) >= 11 is 0. The lowest BCUT2D eigenvalue weighted by Gasteiger charge is -2.50. The van der Waals surface area contributed by atoms with E-state index in [0.29, 0.717) is 37.2 Å². The minimum absolute atomic E-state index is 0.0483. The predicted octanol–water partition coefficient (Wildman–Crippen LogP) is 4.09. The summed E-state index contributed by atoms with van der Waals surface area (Å²) in [6, 6.07) is 0. The van der Waals surface area contributed by atoms with Gasteiger partial charge in [0.25, 0.3) is 0 Å². The van der Waals surface area contributed by atoms with Crippen LogP contribution in [0.1, 0.15) is 79.6 Å². The second kappa shape index (κ2) is 11.5. The molecule has 1 spiro atoms. The summed E-state index contributed by atoms with van der Waals surface area (Å²) in [5.41, 5.74) is -0.588. The Hall–Kier alpha value is -2.10. The maximum absolute atomic E-state index is 13.9. The zero-order valence-corrected chi connectivity index (χ0v) is 24.9. The Morgan fingerprint density at radius 2 is 1.83 bits per heavy atom. The van der Waals surface area contributed by atoms with Crippen molar-refractivity contribution in [2.75, 3.05) is 0 Å². The predicted molar refractivity (Wildman–Crippen MR) is 152 cm³/mol. The smallest absolute Gasteiger partial charge is 0.316 e. The Balaban J connectivity index is 1.55. The lowest BCUT2D eigenvalue weighted by molar-refractivity contribution is -0.335. The van der Waals surface area contributed by atoms with Gasteiger partial charge in [-0.15, -0.1) is 0 Å². The number of aliphatic hydroxyl groups excluding tert-OH is 2. The molecule has 5 rings (SSSR count). The Kier molecular flexibility index (Phi) is 8.54. The molecule has 3 N–H and O–H groups in total. The van der Waals surface area contributed by atoms with Crippen LogP contribution in [-0.4, -0.2) is 69.0 Å². The van der Waals surface area contributed by atoms with E-state index in [1.807, 2.05) is 6.08 Å². The Morgan fingerprint density at radius 3 is 2.56 bits per heavy atom. The van der Waals surface area contributed by atoms with E-state index in [9.17, 15) is 24.9 Å². The second-order valence-corrected chi connectivity index (χ2v) is 13.2. The van der Waals surface area contributed by atoms with Crippen LogP contribution in [0, 0.1) is 23.7 Å². The van der Waals surface area contributed by atoms with Crippen LogP contribution in [0.5, 0.6) is 0 Å². The van der Waals surface area contributed by atoms with E-state index in [4.69, 9.17) is 14.2 Å². The van der Waals surface area contributed by atoms with Crippen LogP contribution in [0.4, 0.5) is 0 Å². The fourth-order valence-electron chi connectivity index (χ4n) is 7.70. The number of esters is 1. The van der Waals surface area contributed by atoms with Crippen LogP contribution >= 0.6 is 0 Å². The SMILES string of the molecule is CCC1OC2(CCC1C)CC1CC(C/C=C(\C)CC(C)/C=C/C=C3\C(=O)C(O)C4C(O)C(C)=CC(C(=O)O1)C34O)O2. The number of rotatable bonds is 1. The number of ketones is 1. The van der Waals surface area contributed by atoms with Crippen LogP contribution in [0.3, 0.4) is 0 Å². The van der Waals surface area contributed by atoms with Crippen LogP contribution < -0.4 is 0 Å². The molecule has 2 bridgehead atoms. The van der Waals surface area contributed by atoms with Crippen molar-refractivity contribution in [1.82, 2.24) is 0 Å². The largest absolute Gasteiger partial charge is 0.462 e. The van der Waals surface area contributed by atoms with E-state index in [2.05, 4.69) is 33.8 Å². The monoisotopic (exact) mass is 570 g/mol. The lowest BCUT2D eigenvalue weighted by atomic mass is 9.68. The molecular weight excluding hydrogens is 524 g/mol. The van der Waals surface area contributed by atoms with Gasteiger partial charge in [0, 0.05) is 24.8 Å². The van der Waals surface area contributed by atoms with Gasteiger partial charge in [-0.3, -0.25) is 9.59 Å². The molecule has 11 unspecified atom stereocenters. The van der Waals surface area contributed by atoms with Crippen molar-refractivity contribution >= 4 is 11.8 Å². The Bertz CT molecular complexity index is 1170. The summed E-state index contributed by atoms with van der Waals surface area (Å²) in [6.45, 7) is 10.1. The first kappa shape index (κ1) is 30.4. The summed E-state index contributed by atoms with van der Waals surface area (Å²) in [7, 11) is 0. The molecule has 11 atom stereocenters. The number of Topliss-reactive ketones (excluding diaryl/α,β-unsaturated/α-hetero) is 1. The maximum atomic E-state index is 13.9. The van der Waals surface area contributed by atoms with E-state index >= 15 is 0 Å². The van der Waals surface area contributed by atoms with Crippen LogP contribution in [0.2, 0.25) is 0 Å². The fraction of sp³-hybridized carbons (Fsp3) is 0.697. The molecule has 0 aromatic carbocycles. The Labute approximate surface area is 243 Å². The number of hydrogen-bond acceptors (Lipinski definition) is 8. The number of carbonyl (C=O) groups excluding carboxylic acids is 2. The highest BCUT2D eigenvalue weighted by Gasteiger charge is 2.65. The van der Waals surface area contributed by atoms with E-state index in [-0.39, 0.29) is 23.7 Å². The third kappa shape index (κ3) is 5.54. The number of hydrogen-bond donors (Lipinski definition) is 3. The van der Waals surface area contributed by atoms with Gasteiger partial charge in [-0.1, -0.05) is 56.7 Å². The molecule has 0 radical (unpaired) electrons. The van der Waals surface area contributed by atoms with Crippen molar-refractivity contribution < 1.29 is 39.1 Å². The number of allylic oxidation sites excluding steroid dienone is 4. The summed E-state index contributed by atoms with van der Waals surface area (Å²) in [5, 5.41) is 34.0. The summed E-state index contributed by atoms with van der Waals surface area (Å²) < 4.78 is 19.4. The topological polar surface area (TPSA) is 123 Å². The molecule has 2 aliphatic carbocycles. The summed E-state index contributed by atoms with van der Waals surface area (Å²) in [5.74, 6) is -4.23. The van der Waals surface area contributed by atoms with E-state index < -0.39 is 53.3 Å². The maximum Gasteiger partial charge on any atom is 0.316 e. The first-order valence-corrected chi connectivity index (χ1v) is 15.3. The normalized spacial score (nSPS) is 48.8. The number of aliphatic hydroxyl groups is 3.